The van der Waals surface area contributed by atoms with Gasteiger partial charge in [-0.05, 0) is 30.7 Å². The van der Waals surface area contributed by atoms with Crippen LogP contribution in [0.25, 0.3) is 0 Å². The maximum Gasteiger partial charge on any atom is 0.416 e. The minimum atomic E-state index is -4.37. The topological polar surface area (TPSA) is 29.5 Å². The Balaban J connectivity index is 2.76. The van der Waals surface area contributed by atoms with Crippen LogP contribution in [0, 0.1) is 0 Å². The fourth-order valence-electron chi connectivity index (χ4n) is 1.24. The molecule has 0 heterocycles. The zero-order valence-electron chi connectivity index (χ0n) is 9.09. The monoisotopic (exact) mass is 312 g/mol. The molecule has 96 valence electrons. The van der Waals surface area contributed by atoms with Crippen LogP contribution in [0.1, 0.15) is 18.1 Å². The van der Waals surface area contributed by atoms with Crippen molar-refractivity contribution in [1.29, 1.82) is 0 Å². The van der Waals surface area contributed by atoms with Crippen LogP contribution in [0.3, 0.4) is 0 Å². The second-order valence-corrected chi connectivity index (χ2v) is 4.63. The Labute approximate surface area is 106 Å². The van der Waals surface area contributed by atoms with Crippen molar-refractivity contribution in [2.24, 2.45) is 0 Å². The predicted molar refractivity (Wildman–Crippen MR) is 60.5 cm³/mol. The van der Waals surface area contributed by atoms with Gasteiger partial charge in [-0.25, -0.2) is 0 Å². The van der Waals surface area contributed by atoms with Gasteiger partial charge >= 0.3 is 6.18 Å². The Morgan fingerprint density at radius 2 is 2.00 bits per heavy atom. The quantitative estimate of drug-likeness (QED) is 0.923. The van der Waals surface area contributed by atoms with Gasteiger partial charge in [0.25, 0.3) is 0 Å². The Bertz CT molecular complexity index is 377. The lowest BCUT2D eigenvalue weighted by molar-refractivity contribution is -0.137. The second-order valence-electron chi connectivity index (χ2n) is 3.71. The molecule has 0 radical (unpaired) electrons. The van der Waals surface area contributed by atoms with Gasteiger partial charge in [0.1, 0.15) is 0 Å². The molecule has 0 amide bonds. The van der Waals surface area contributed by atoms with E-state index < -0.39 is 17.8 Å². The van der Waals surface area contributed by atoms with Crippen molar-refractivity contribution in [1.82, 2.24) is 0 Å². The first-order chi connectivity index (χ1) is 7.79. The molecule has 0 saturated carbocycles. The molecule has 0 aliphatic rings. The van der Waals surface area contributed by atoms with Crippen molar-refractivity contribution in [3.63, 3.8) is 0 Å². The molecular formula is C11H12BrF3O2. The first-order valence-corrected chi connectivity index (χ1v) is 5.71. The summed E-state index contributed by atoms with van der Waals surface area (Å²) in [6, 6.07) is 3.60. The number of benzene rings is 1. The molecule has 1 aromatic rings. The molecule has 0 aliphatic carbocycles. The number of alkyl halides is 3. The van der Waals surface area contributed by atoms with E-state index in [0.29, 0.717) is 10.0 Å². The SMILES string of the molecule is C[C@@H](O)COCc1cc(Br)cc(C(F)(F)F)c1. The Hall–Kier alpha value is -0.590. The van der Waals surface area contributed by atoms with E-state index in [4.69, 9.17) is 9.84 Å². The molecule has 1 aromatic carbocycles. The normalized spacial score (nSPS) is 13.8. The van der Waals surface area contributed by atoms with E-state index in [0.717, 1.165) is 12.1 Å². The van der Waals surface area contributed by atoms with Gasteiger partial charge in [0.15, 0.2) is 0 Å². The van der Waals surface area contributed by atoms with E-state index in [1.165, 1.54) is 0 Å². The molecule has 1 atom stereocenters. The van der Waals surface area contributed by atoms with Crippen molar-refractivity contribution in [2.45, 2.75) is 25.8 Å². The van der Waals surface area contributed by atoms with Gasteiger partial charge in [-0.15, -0.1) is 0 Å². The lowest BCUT2D eigenvalue weighted by atomic mass is 10.1. The number of aliphatic hydroxyl groups excluding tert-OH is 1. The Morgan fingerprint density at radius 1 is 1.35 bits per heavy atom. The van der Waals surface area contributed by atoms with Crippen LogP contribution < -0.4 is 0 Å². The highest BCUT2D eigenvalue weighted by molar-refractivity contribution is 9.10. The molecule has 0 bridgehead atoms. The molecule has 17 heavy (non-hydrogen) atoms. The van der Waals surface area contributed by atoms with E-state index >= 15 is 0 Å². The number of halogens is 4. The van der Waals surface area contributed by atoms with Crippen molar-refractivity contribution < 1.29 is 23.0 Å². The summed E-state index contributed by atoms with van der Waals surface area (Å²) >= 11 is 3.02. The van der Waals surface area contributed by atoms with Crippen molar-refractivity contribution in [2.75, 3.05) is 6.61 Å². The van der Waals surface area contributed by atoms with Gasteiger partial charge in [-0.1, -0.05) is 15.9 Å². The molecule has 0 fully saturated rings. The smallest absolute Gasteiger partial charge is 0.391 e. The maximum atomic E-state index is 12.5. The number of hydrogen-bond donors (Lipinski definition) is 1. The Kier molecular flexibility index (Phi) is 4.97. The average molecular weight is 313 g/mol. The first-order valence-electron chi connectivity index (χ1n) is 4.91. The van der Waals surface area contributed by atoms with Gasteiger partial charge in [0.05, 0.1) is 24.9 Å². The van der Waals surface area contributed by atoms with E-state index in [1.54, 1.807) is 13.0 Å². The van der Waals surface area contributed by atoms with Crippen LogP contribution in [0.2, 0.25) is 0 Å². The predicted octanol–water partition coefficient (Wildman–Crippen LogP) is 3.37. The van der Waals surface area contributed by atoms with Crippen LogP contribution in [-0.4, -0.2) is 17.8 Å². The summed E-state index contributed by atoms with van der Waals surface area (Å²) in [5.41, 5.74) is -0.310. The summed E-state index contributed by atoms with van der Waals surface area (Å²) in [5, 5.41) is 8.95. The van der Waals surface area contributed by atoms with Crippen LogP contribution in [0.15, 0.2) is 22.7 Å². The van der Waals surface area contributed by atoms with E-state index in [2.05, 4.69) is 15.9 Å². The standard InChI is InChI=1S/C11H12BrF3O2/c1-7(16)5-17-6-8-2-9(11(13,14)15)4-10(12)3-8/h2-4,7,16H,5-6H2,1H3/t7-/m1/s1. The number of rotatable bonds is 4. The van der Waals surface area contributed by atoms with E-state index in [1.807, 2.05) is 0 Å². The molecule has 0 aromatic heterocycles. The Morgan fingerprint density at radius 3 is 2.53 bits per heavy atom. The number of ether oxygens (including phenoxy) is 1. The summed E-state index contributed by atoms with van der Waals surface area (Å²) in [7, 11) is 0. The third kappa shape index (κ3) is 5.06. The van der Waals surface area contributed by atoms with Gasteiger partial charge in [0.2, 0.25) is 0 Å². The van der Waals surface area contributed by atoms with Crippen LogP contribution >= 0.6 is 15.9 Å². The molecule has 0 spiro atoms. The summed E-state index contributed by atoms with van der Waals surface area (Å²) in [6.45, 7) is 1.67. The molecule has 1 N–H and O–H groups in total. The molecule has 0 unspecified atom stereocenters. The molecule has 0 aliphatic heterocycles. The van der Waals surface area contributed by atoms with Crippen LogP contribution in [-0.2, 0) is 17.5 Å². The van der Waals surface area contributed by atoms with Crippen molar-refractivity contribution in [3.05, 3.63) is 33.8 Å². The second kappa shape index (κ2) is 5.84. The minimum Gasteiger partial charge on any atom is -0.391 e. The third-order valence-electron chi connectivity index (χ3n) is 1.91. The molecule has 1 rings (SSSR count). The van der Waals surface area contributed by atoms with Crippen LogP contribution in [0.5, 0.6) is 0 Å². The van der Waals surface area contributed by atoms with Gasteiger partial charge < -0.3 is 9.84 Å². The van der Waals surface area contributed by atoms with Gasteiger partial charge in [-0.3, -0.25) is 0 Å². The highest BCUT2D eigenvalue weighted by atomic mass is 79.9. The molecular weight excluding hydrogens is 301 g/mol. The van der Waals surface area contributed by atoms with Crippen LogP contribution in [0.4, 0.5) is 13.2 Å². The fourth-order valence-corrected chi connectivity index (χ4v) is 1.79. The number of aliphatic hydroxyl groups is 1. The summed E-state index contributed by atoms with van der Waals surface area (Å²) in [5.74, 6) is 0. The molecule has 0 saturated heterocycles. The zero-order valence-corrected chi connectivity index (χ0v) is 10.7. The maximum absolute atomic E-state index is 12.5. The minimum absolute atomic E-state index is 0.0351. The van der Waals surface area contributed by atoms with Crippen molar-refractivity contribution in [3.8, 4) is 0 Å². The first kappa shape index (κ1) is 14.5. The lowest BCUT2D eigenvalue weighted by Gasteiger charge is -2.11. The van der Waals surface area contributed by atoms with Gasteiger partial charge in [0, 0.05) is 4.47 Å². The van der Waals surface area contributed by atoms with E-state index in [-0.39, 0.29) is 13.2 Å². The highest BCUT2D eigenvalue weighted by Crippen LogP contribution is 2.32. The highest BCUT2D eigenvalue weighted by Gasteiger charge is 2.30. The zero-order chi connectivity index (χ0) is 13.1. The largest absolute Gasteiger partial charge is 0.416 e. The van der Waals surface area contributed by atoms with Crippen molar-refractivity contribution >= 4 is 15.9 Å². The van der Waals surface area contributed by atoms with Gasteiger partial charge in [-0.2, -0.15) is 13.2 Å². The molecule has 2 nitrogen and oxygen atoms in total. The summed E-state index contributed by atoms with van der Waals surface area (Å²) in [6.07, 6.45) is -5.01. The third-order valence-corrected chi connectivity index (χ3v) is 2.37. The average Bonchev–Trinajstić information content (AvgIpc) is 2.14. The summed E-state index contributed by atoms with van der Waals surface area (Å²) in [4.78, 5) is 0. The lowest BCUT2D eigenvalue weighted by Crippen LogP contribution is -2.11. The fraction of sp³-hybridized carbons (Fsp3) is 0.455. The summed E-state index contributed by atoms with van der Waals surface area (Å²) < 4.78 is 42.9. The van der Waals surface area contributed by atoms with E-state index in [9.17, 15) is 13.2 Å². The number of hydrogen-bond acceptors (Lipinski definition) is 2. The molecule has 6 heteroatoms.